The molecule has 1 fully saturated rings. The van der Waals surface area contributed by atoms with E-state index in [4.69, 9.17) is 9.40 Å². The highest BCUT2D eigenvalue weighted by atomic mass is 32.2. The average molecular weight is 525 g/mol. The number of anilines is 1. The Kier molecular flexibility index (Phi) is 6.68. The van der Waals surface area contributed by atoms with Crippen molar-refractivity contribution >= 4 is 26.8 Å². The van der Waals surface area contributed by atoms with Gasteiger partial charge in [0, 0.05) is 55.7 Å². The Balaban J connectivity index is 1.23. The molecule has 1 saturated heterocycles. The molecule has 0 aliphatic carbocycles. The van der Waals surface area contributed by atoms with Crippen LogP contribution in [0.5, 0.6) is 0 Å². The minimum atomic E-state index is -3.69. The van der Waals surface area contributed by atoms with Gasteiger partial charge in [-0.2, -0.15) is 0 Å². The maximum atomic E-state index is 13.0. The van der Waals surface area contributed by atoms with Gasteiger partial charge in [-0.3, -0.25) is 4.98 Å². The van der Waals surface area contributed by atoms with Crippen LogP contribution in [0.4, 0.5) is 5.69 Å². The Hall–Kier alpha value is -3.98. The third-order valence-electron chi connectivity index (χ3n) is 6.86. The van der Waals surface area contributed by atoms with Crippen molar-refractivity contribution in [1.82, 2.24) is 15.0 Å². The second-order valence-corrected chi connectivity index (χ2v) is 11.1. The zero-order valence-electron chi connectivity index (χ0n) is 20.8. The molecule has 0 radical (unpaired) electrons. The van der Waals surface area contributed by atoms with E-state index in [9.17, 15) is 8.42 Å². The van der Waals surface area contributed by atoms with Crippen LogP contribution in [0.2, 0.25) is 0 Å². The van der Waals surface area contributed by atoms with E-state index in [1.807, 2.05) is 48.7 Å². The van der Waals surface area contributed by atoms with Crippen molar-refractivity contribution in [3.8, 4) is 22.3 Å². The summed E-state index contributed by atoms with van der Waals surface area (Å²) in [4.78, 5) is 7.27. The van der Waals surface area contributed by atoms with E-state index in [0.717, 1.165) is 54.0 Å². The lowest BCUT2D eigenvalue weighted by molar-refractivity contribution is 0.581. The van der Waals surface area contributed by atoms with Gasteiger partial charge in [-0.15, -0.1) is 0 Å². The Morgan fingerprint density at radius 1 is 0.868 bits per heavy atom. The van der Waals surface area contributed by atoms with E-state index in [1.54, 1.807) is 24.5 Å². The van der Waals surface area contributed by atoms with Crippen LogP contribution in [-0.2, 0) is 16.6 Å². The number of sulfonamides is 1. The van der Waals surface area contributed by atoms with Crippen molar-refractivity contribution in [3.05, 3.63) is 103 Å². The molecule has 1 aliphatic heterocycles. The molecule has 0 atom stereocenters. The van der Waals surface area contributed by atoms with E-state index in [1.165, 1.54) is 5.69 Å². The zero-order valence-corrected chi connectivity index (χ0v) is 21.6. The molecule has 2 aromatic heterocycles. The minimum Gasteiger partial charge on any atom is -0.462 e. The summed E-state index contributed by atoms with van der Waals surface area (Å²) in [5.74, 6) is 0. The van der Waals surface area contributed by atoms with Crippen LogP contribution in [0.1, 0.15) is 5.56 Å². The molecule has 1 aliphatic rings. The first kappa shape index (κ1) is 24.4. The molecule has 0 saturated carbocycles. The summed E-state index contributed by atoms with van der Waals surface area (Å²) in [6.07, 6.45) is 3.47. The summed E-state index contributed by atoms with van der Waals surface area (Å²) in [5, 5.41) is 3.38. The van der Waals surface area contributed by atoms with Gasteiger partial charge in [0.25, 0.3) is 0 Å². The first-order valence-electron chi connectivity index (χ1n) is 12.6. The summed E-state index contributed by atoms with van der Waals surface area (Å²) in [6.45, 7) is 4.24. The van der Waals surface area contributed by atoms with Crippen LogP contribution in [0.25, 0.3) is 33.4 Å². The smallest absolute Gasteiger partial charge is 0.240 e. The molecule has 0 amide bonds. The normalized spacial score (nSPS) is 14.2. The number of hydrogen-bond donors (Lipinski definition) is 2. The molecular weight excluding hydrogens is 496 g/mol. The maximum absolute atomic E-state index is 13.0. The summed E-state index contributed by atoms with van der Waals surface area (Å²) >= 11 is 0. The van der Waals surface area contributed by atoms with Gasteiger partial charge in [-0.05, 0) is 47.0 Å². The standard InChI is InChI=1S/C30H28N4O3S/c35-38(36,33-19-22-5-2-1-3-6-22)27-8-4-7-24(17-27)28-21-37-29-18-25(20-32-30(28)29)23-9-11-26(12-10-23)34-15-13-31-14-16-34/h1-12,17-18,20-21,31,33H,13-16,19H2. The molecule has 192 valence electrons. The van der Waals surface area contributed by atoms with Crippen molar-refractivity contribution in [1.29, 1.82) is 0 Å². The van der Waals surface area contributed by atoms with Crippen LogP contribution in [0.3, 0.4) is 0 Å². The number of benzene rings is 3. The Morgan fingerprint density at radius 3 is 2.45 bits per heavy atom. The van der Waals surface area contributed by atoms with E-state index < -0.39 is 10.0 Å². The predicted octanol–water partition coefficient (Wildman–Crippen LogP) is 5.05. The highest BCUT2D eigenvalue weighted by Crippen LogP contribution is 2.33. The van der Waals surface area contributed by atoms with Gasteiger partial charge in [0.05, 0.1) is 4.90 Å². The molecule has 38 heavy (non-hydrogen) atoms. The fourth-order valence-electron chi connectivity index (χ4n) is 4.75. The van der Waals surface area contributed by atoms with Gasteiger partial charge in [0.2, 0.25) is 10.0 Å². The summed E-state index contributed by atoms with van der Waals surface area (Å²) in [5.41, 5.74) is 6.97. The van der Waals surface area contributed by atoms with Crippen LogP contribution >= 0.6 is 0 Å². The fourth-order valence-corrected chi connectivity index (χ4v) is 5.82. The molecular formula is C30H28N4O3S. The predicted molar refractivity (Wildman–Crippen MR) is 150 cm³/mol. The summed E-state index contributed by atoms with van der Waals surface area (Å²) in [6, 6.07) is 26.8. The summed E-state index contributed by atoms with van der Waals surface area (Å²) < 4.78 is 34.5. The average Bonchev–Trinajstić information content (AvgIpc) is 3.41. The second-order valence-electron chi connectivity index (χ2n) is 9.34. The maximum Gasteiger partial charge on any atom is 0.240 e. The molecule has 0 unspecified atom stereocenters. The van der Waals surface area contributed by atoms with Crippen molar-refractivity contribution in [2.75, 3.05) is 31.1 Å². The van der Waals surface area contributed by atoms with Gasteiger partial charge < -0.3 is 14.6 Å². The topological polar surface area (TPSA) is 87.5 Å². The molecule has 3 heterocycles. The van der Waals surface area contributed by atoms with Crippen molar-refractivity contribution < 1.29 is 12.8 Å². The molecule has 6 rings (SSSR count). The second kappa shape index (κ2) is 10.4. The number of furan rings is 1. The minimum absolute atomic E-state index is 0.196. The number of nitrogens with one attached hydrogen (secondary N) is 2. The fraction of sp³-hybridized carbons (Fsp3) is 0.167. The first-order chi connectivity index (χ1) is 18.6. The largest absolute Gasteiger partial charge is 0.462 e. The molecule has 0 bridgehead atoms. The van der Waals surface area contributed by atoms with Crippen LogP contribution in [0.15, 0.2) is 107 Å². The lowest BCUT2D eigenvalue weighted by Gasteiger charge is -2.29. The van der Waals surface area contributed by atoms with E-state index >= 15 is 0 Å². The molecule has 5 aromatic rings. The van der Waals surface area contributed by atoms with Crippen LogP contribution in [-0.4, -0.2) is 39.6 Å². The highest BCUT2D eigenvalue weighted by molar-refractivity contribution is 7.89. The molecule has 7 nitrogen and oxygen atoms in total. The number of hydrogen-bond acceptors (Lipinski definition) is 6. The highest BCUT2D eigenvalue weighted by Gasteiger charge is 2.17. The van der Waals surface area contributed by atoms with Gasteiger partial charge in [0.1, 0.15) is 11.8 Å². The van der Waals surface area contributed by atoms with Crippen molar-refractivity contribution in [3.63, 3.8) is 0 Å². The molecule has 2 N–H and O–H groups in total. The number of aromatic nitrogens is 1. The van der Waals surface area contributed by atoms with Crippen LogP contribution in [0, 0.1) is 0 Å². The third-order valence-corrected chi connectivity index (χ3v) is 8.26. The van der Waals surface area contributed by atoms with Crippen LogP contribution < -0.4 is 14.9 Å². The zero-order chi connectivity index (χ0) is 26.0. The number of pyridine rings is 1. The number of piperazine rings is 1. The lowest BCUT2D eigenvalue weighted by atomic mass is 10.0. The number of rotatable bonds is 7. The van der Waals surface area contributed by atoms with E-state index in [-0.39, 0.29) is 11.4 Å². The Bertz CT molecular complexity index is 1660. The Morgan fingerprint density at radius 2 is 1.66 bits per heavy atom. The monoisotopic (exact) mass is 524 g/mol. The molecule has 0 spiro atoms. The van der Waals surface area contributed by atoms with Gasteiger partial charge in [-0.25, -0.2) is 13.1 Å². The van der Waals surface area contributed by atoms with Gasteiger partial charge in [-0.1, -0.05) is 54.6 Å². The first-order valence-corrected chi connectivity index (χ1v) is 14.1. The SMILES string of the molecule is O=S(=O)(NCc1ccccc1)c1cccc(-c2coc3cc(-c4ccc(N5CCNCC5)cc4)cnc23)c1. The molecule has 8 heteroatoms. The molecule has 3 aromatic carbocycles. The van der Waals surface area contributed by atoms with Gasteiger partial charge in [0.15, 0.2) is 5.58 Å². The van der Waals surface area contributed by atoms with E-state index in [0.29, 0.717) is 11.1 Å². The van der Waals surface area contributed by atoms with Gasteiger partial charge >= 0.3 is 0 Å². The van der Waals surface area contributed by atoms with Crippen molar-refractivity contribution in [2.45, 2.75) is 11.4 Å². The quantitative estimate of drug-likeness (QED) is 0.310. The van der Waals surface area contributed by atoms with E-state index in [2.05, 4.69) is 39.2 Å². The number of nitrogens with zero attached hydrogens (tertiary/aromatic N) is 2. The Labute approximate surface area is 222 Å². The lowest BCUT2D eigenvalue weighted by Crippen LogP contribution is -2.43. The summed E-state index contributed by atoms with van der Waals surface area (Å²) in [7, 11) is -3.69. The third kappa shape index (κ3) is 5.06. The van der Waals surface area contributed by atoms with Crippen molar-refractivity contribution in [2.24, 2.45) is 0 Å². The number of fused-ring (bicyclic) bond motifs is 1.